The fraction of sp³-hybridized carbons (Fsp3) is 0.897. The van der Waals surface area contributed by atoms with E-state index in [1.807, 2.05) is 0 Å². The normalized spacial score (nSPS) is 11.5. The minimum absolute atomic E-state index is 0.342. The number of allylic oxidation sites excluding steroid dienone is 2. The molecule has 184 valence electrons. The lowest BCUT2D eigenvalue weighted by atomic mass is 10.0. The molecule has 0 atom stereocenters. The Morgan fingerprint density at radius 2 is 0.774 bits per heavy atom. The molecule has 0 fully saturated rings. The van der Waals surface area contributed by atoms with E-state index in [9.17, 15) is 4.79 Å². The number of rotatable bonds is 26. The van der Waals surface area contributed by atoms with Gasteiger partial charge in [0.05, 0.1) is 0 Å². The van der Waals surface area contributed by atoms with Gasteiger partial charge in [-0.3, -0.25) is 4.79 Å². The molecule has 0 aromatic rings. The van der Waals surface area contributed by atoms with Crippen molar-refractivity contribution in [3.05, 3.63) is 12.2 Å². The molecule has 0 aliphatic heterocycles. The van der Waals surface area contributed by atoms with Crippen LogP contribution in [-0.4, -0.2) is 11.1 Å². The van der Waals surface area contributed by atoms with Gasteiger partial charge >= 0.3 is 5.97 Å². The molecule has 2 heteroatoms. The predicted octanol–water partition coefficient (Wildman–Crippen LogP) is 10.4. The highest BCUT2D eigenvalue weighted by molar-refractivity contribution is 5.66. The molecule has 0 radical (unpaired) electrons. The lowest BCUT2D eigenvalue weighted by Gasteiger charge is -2.02. The number of aliphatic carboxylic acids is 1. The number of hydrogen-bond donors (Lipinski definition) is 1. The molecule has 0 aromatic carbocycles. The molecule has 0 aliphatic rings. The smallest absolute Gasteiger partial charge is 0.303 e. The zero-order valence-electron chi connectivity index (χ0n) is 21.2. The second-order valence-electron chi connectivity index (χ2n) is 9.62. The van der Waals surface area contributed by atoms with Crippen molar-refractivity contribution in [1.29, 1.82) is 0 Å². The Kier molecular flexibility index (Phi) is 26.5. The zero-order chi connectivity index (χ0) is 22.7. The first kappa shape index (κ1) is 30.2. The maximum atomic E-state index is 10.4. The van der Waals surface area contributed by atoms with Crippen molar-refractivity contribution in [2.75, 3.05) is 0 Å². The largest absolute Gasteiger partial charge is 0.481 e. The van der Waals surface area contributed by atoms with E-state index in [1.54, 1.807) is 0 Å². The summed E-state index contributed by atoms with van der Waals surface area (Å²) in [7, 11) is 0. The SMILES string of the molecule is CCCCCCCCCCCCCC=CCCCCCCCCCCCCCC(=O)O. The highest BCUT2D eigenvalue weighted by Gasteiger charge is 1.97. The molecule has 0 heterocycles. The summed E-state index contributed by atoms with van der Waals surface area (Å²) in [5.74, 6) is -0.653. The van der Waals surface area contributed by atoms with E-state index in [0.717, 1.165) is 12.8 Å². The molecular formula is C29H56O2. The monoisotopic (exact) mass is 436 g/mol. The summed E-state index contributed by atoms with van der Waals surface area (Å²) in [6.45, 7) is 2.29. The van der Waals surface area contributed by atoms with Crippen molar-refractivity contribution in [3.8, 4) is 0 Å². The zero-order valence-corrected chi connectivity index (χ0v) is 21.2. The molecule has 1 N–H and O–H groups in total. The van der Waals surface area contributed by atoms with Crippen LogP contribution in [0.15, 0.2) is 12.2 Å². The van der Waals surface area contributed by atoms with Crippen molar-refractivity contribution < 1.29 is 9.90 Å². The van der Waals surface area contributed by atoms with Crippen molar-refractivity contribution in [3.63, 3.8) is 0 Å². The second kappa shape index (κ2) is 27.2. The van der Waals surface area contributed by atoms with E-state index in [4.69, 9.17) is 5.11 Å². The Hall–Kier alpha value is -0.790. The second-order valence-corrected chi connectivity index (χ2v) is 9.62. The van der Waals surface area contributed by atoms with Gasteiger partial charge in [0.1, 0.15) is 0 Å². The van der Waals surface area contributed by atoms with Crippen LogP contribution < -0.4 is 0 Å². The maximum Gasteiger partial charge on any atom is 0.303 e. The van der Waals surface area contributed by atoms with Gasteiger partial charge in [-0.15, -0.1) is 0 Å². The molecule has 0 rings (SSSR count). The minimum Gasteiger partial charge on any atom is -0.481 e. The van der Waals surface area contributed by atoms with E-state index in [0.29, 0.717) is 6.42 Å². The van der Waals surface area contributed by atoms with Crippen LogP contribution in [0.25, 0.3) is 0 Å². The number of hydrogen-bond acceptors (Lipinski definition) is 1. The number of carbonyl (C=O) groups is 1. The fourth-order valence-corrected chi connectivity index (χ4v) is 4.29. The third-order valence-electron chi connectivity index (χ3n) is 6.40. The third-order valence-corrected chi connectivity index (χ3v) is 6.40. The van der Waals surface area contributed by atoms with Crippen molar-refractivity contribution in [2.24, 2.45) is 0 Å². The molecule has 0 aromatic heterocycles. The lowest BCUT2D eigenvalue weighted by Crippen LogP contribution is -1.93. The summed E-state index contributed by atoms with van der Waals surface area (Å²) in [5.41, 5.74) is 0. The minimum atomic E-state index is -0.653. The number of carboxylic acid groups (broad SMARTS) is 1. The molecule has 0 saturated carbocycles. The maximum absolute atomic E-state index is 10.4. The Morgan fingerprint density at radius 1 is 0.484 bits per heavy atom. The lowest BCUT2D eigenvalue weighted by molar-refractivity contribution is -0.137. The van der Waals surface area contributed by atoms with Crippen molar-refractivity contribution in [2.45, 2.75) is 167 Å². The van der Waals surface area contributed by atoms with Crippen LogP contribution in [0.3, 0.4) is 0 Å². The van der Waals surface area contributed by atoms with E-state index in [2.05, 4.69) is 19.1 Å². The molecular weight excluding hydrogens is 380 g/mol. The molecule has 31 heavy (non-hydrogen) atoms. The van der Waals surface area contributed by atoms with Crippen LogP contribution >= 0.6 is 0 Å². The van der Waals surface area contributed by atoms with Gasteiger partial charge in [0.25, 0.3) is 0 Å². The van der Waals surface area contributed by atoms with Crippen LogP contribution in [-0.2, 0) is 4.79 Å². The molecule has 0 saturated heterocycles. The van der Waals surface area contributed by atoms with Crippen LogP contribution in [0.4, 0.5) is 0 Å². The number of unbranched alkanes of at least 4 members (excludes halogenated alkanes) is 22. The first-order valence-electron chi connectivity index (χ1n) is 14.1. The Labute approximate surface area is 195 Å². The fourth-order valence-electron chi connectivity index (χ4n) is 4.29. The standard InChI is InChI=1S/C29H56O2/c1-2-3-4-5-6-7-8-9-10-11-12-13-14-15-16-17-18-19-20-21-22-23-24-25-26-27-28-29(30)31/h14-15H,2-13,16-28H2,1H3,(H,30,31). The van der Waals surface area contributed by atoms with Gasteiger partial charge < -0.3 is 5.11 Å². The Bertz CT molecular complexity index is 375. The van der Waals surface area contributed by atoms with Gasteiger partial charge in [-0.1, -0.05) is 141 Å². The summed E-state index contributed by atoms with van der Waals surface area (Å²) in [6.07, 6.45) is 37.5. The number of carboxylic acids is 1. The molecule has 0 aliphatic carbocycles. The average Bonchev–Trinajstić information content (AvgIpc) is 2.76. The Balaban J connectivity index is 3.08. The molecule has 0 amide bonds. The first-order chi connectivity index (χ1) is 15.3. The van der Waals surface area contributed by atoms with Gasteiger partial charge in [-0.05, 0) is 32.1 Å². The van der Waals surface area contributed by atoms with E-state index >= 15 is 0 Å². The van der Waals surface area contributed by atoms with Gasteiger partial charge in [-0.25, -0.2) is 0 Å². The first-order valence-corrected chi connectivity index (χ1v) is 14.1. The van der Waals surface area contributed by atoms with Crippen LogP contribution in [0.5, 0.6) is 0 Å². The average molecular weight is 437 g/mol. The highest BCUT2D eigenvalue weighted by atomic mass is 16.4. The molecule has 0 bridgehead atoms. The van der Waals surface area contributed by atoms with E-state index in [1.165, 1.54) is 141 Å². The van der Waals surface area contributed by atoms with Crippen LogP contribution in [0, 0.1) is 0 Å². The third kappa shape index (κ3) is 29.2. The summed E-state index contributed by atoms with van der Waals surface area (Å²) >= 11 is 0. The van der Waals surface area contributed by atoms with E-state index < -0.39 is 5.97 Å². The quantitative estimate of drug-likeness (QED) is 0.108. The van der Waals surface area contributed by atoms with Crippen LogP contribution in [0.2, 0.25) is 0 Å². The van der Waals surface area contributed by atoms with Gasteiger partial charge in [-0.2, -0.15) is 0 Å². The van der Waals surface area contributed by atoms with Gasteiger partial charge in [0, 0.05) is 6.42 Å². The van der Waals surface area contributed by atoms with E-state index in [-0.39, 0.29) is 0 Å². The topological polar surface area (TPSA) is 37.3 Å². The van der Waals surface area contributed by atoms with Crippen molar-refractivity contribution >= 4 is 5.97 Å². The highest BCUT2D eigenvalue weighted by Crippen LogP contribution is 2.14. The predicted molar refractivity (Wildman–Crippen MR) is 138 cm³/mol. The molecule has 2 nitrogen and oxygen atoms in total. The summed E-state index contributed by atoms with van der Waals surface area (Å²) < 4.78 is 0. The molecule has 0 unspecified atom stereocenters. The van der Waals surface area contributed by atoms with Crippen molar-refractivity contribution in [1.82, 2.24) is 0 Å². The van der Waals surface area contributed by atoms with Gasteiger partial charge in [0.15, 0.2) is 0 Å². The van der Waals surface area contributed by atoms with Crippen LogP contribution in [0.1, 0.15) is 167 Å². The van der Waals surface area contributed by atoms with Gasteiger partial charge in [0.2, 0.25) is 0 Å². The summed E-state index contributed by atoms with van der Waals surface area (Å²) in [4.78, 5) is 10.4. The summed E-state index contributed by atoms with van der Waals surface area (Å²) in [6, 6.07) is 0. The molecule has 0 spiro atoms. The Morgan fingerprint density at radius 3 is 1.10 bits per heavy atom. The summed E-state index contributed by atoms with van der Waals surface area (Å²) in [5, 5.41) is 8.60.